The Morgan fingerprint density at radius 2 is 1.43 bits per heavy atom. The normalized spacial score (nSPS) is 13.1. The summed E-state index contributed by atoms with van der Waals surface area (Å²) in [6.45, 7) is 4.68. The average Bonchev–Trinajstić information content (AvgIpc) is 3.04. The molecule has 0 saturated heterocycles. The van der Waals surface area contributed by atoms with Crippen LogP contribution in [0.2, 0.25) is 0 Å². The zero-order valence-corrected chi connectivity index (χ0v) is 25.1. The van der Waals surface area contributed by atoms with Gasteiger partial charge >= 0.3 is 0 Å². The molecule has 1 amide bonds. The number of fused-ring (bicyclic) bond motifs is 1. The molecule has 5 aromatic rings. The molecule has 0 aliphatic rings. The van der Waals surface area contributed by atoms with E-state index in [1.165, 1.54) is 16.3 Å². The smallest absolute Gasteiger partial charge is 0.252 e. The van der Waals surface area contributed by atoms with Gasteiger partial charge in [-0.2, -0.15) is 0 Å². The Labute approximate surface area is 254 Å². The summed E-state index contributed by atoms with van der Waals surface area (Å²) in [5.74, 6) is 0.636. The van der Waals surface area contributed by atoms with Crippen LogP contribution in [0.1, 0.15) is 46.9 Å². The third-order valence-electron chi connectivity index (χ3n) is 7.80. The molecule has 5 rings (SSSR count). The van der Waals surface area contributed by atoms with Gasteiger partial charge in [0.05, 0.1) is 11.6 Å². The molecule has 212 valence electrons. The summed E-state index contributed by atoms with van der Waals surface area (Å²) >= 11 is 6.19. The lowest BCUT2D eigenvalue weighted by molar-refractivity contribution is 0.0924. The zero-order valence-electron chi connectivity index (χ0n) is 24.3. The quantitative estimate of drug-likeness (QED) is 0.171. The van der Waals surface area contributed by atoms with Gasteiger partial charge in [-0.25, -0.2) is 0 Å². The van der Waals surface area contributed by atoms with E-state index in [9.17, 15) is 4.79 Å². The van der Waals surface area contributed by atoms with Gasteiger partial charge in [0.15, 0.2) is 0 Å². The molecule has 0 saturated carbocycles. The lowest BCUT2D eigenvalue weighted by atomic mass is 9.90. The SMILES string of the molecule is CC(c1cccc2ccccc12)N(C)C(=S)C(C)(Cc1ccc(OCc2ccccc2)cc1)NC(=O)c1ccccc1. The van der Waals surface area contributed by atoms with E-state index in [2.05, 4.69) is 59.6 Å². The monoisotopic (exact) mass is 572 g/mol. The van der Waals surface area contributed by atoms with Crippen molar-refractivity contribution in [2.75, 3.05) is 7.05 Å². The van der Waals surface area contributed by atoms with Gasteiger partial charge in [0.25, 0.3) is 5.91 Å². The van der Waals surface area contributed by atoms with Gasteiger partial charge < -0.3 is 15.0 Å². The number of ether oxygens (including phenoxy) is 1. The van der Waals surface area contributed by atoms with Crippen LogP contribution >= 0.6 is 12.2 Å². The Bertz CT molecular complexity index is 1650. The molecule has 0 bridgehead atoms. The molecule has 0 heterocycles. The number of amides is 1. The van der Waals surface area contributed by atoms with Crippen molar-refractivity contribution in [3.05, 3.63) is 150 Å². The standard InChI is InChI=1S/C37H36N2O2S/c1-27(33-20-12-18-30-15-10-11-19-34(30)33)39(3)36(42)37(2,38-35(40)31-16-8-5-9-17-31)25-28-21-23-32(24-22-28)41-26-29-13-6-4-7-14-29/h4-24,27H,25-26H2,1-3H3,(H,38,40). The number of benzene rings is 5. The van der Waals surface area contributed by atoms with E-state index in [4.69, 9.17) is 17.0 Å². The second-order valence-corrected chi connectivity index (χ2v) is 11.3. The molecule has 2 atom stereocenters. The summed E-state index contributed by atoms with van der Waals surface area (Å²) in [4.78, 5) is 16.2. The first kappa shape index (κ1) is 29.0. The molecule has 5 heteroatoms. The average molecular weight is 573 g/mol. The first-order chi connectivity index (χ1) is 20.3. The third kappa shape index (κ3) is 6.69. The van der Waals surface area contributed by atoms with Crippen LogP contribution in [-0.4, -0.2) is 28.4 Å². The summed E-state index contributed by atoms with van der Waals surface area (Å²) in [5, 5.41) is 5.68. The Morgan fingerprint density at radius 3 is 2.14 bits per heavy atom. The van der Waals surface area contributed by atoms with Crippen LogP contribution in [0, 0.1) is 0 Å². The van der Waals surface area contributed by atoms with Crippen LogP contribution in [0.3, 0.4) is 0 Å². The summed E-state index contributed by atoms with van der Waals surface area (Å²) < 4.78 is 6.00. The highest BCUT2D eigenvalue weighted by atomic mass is 32.1. The van der Waals surface area contributed by atoms with Crippen molar-refractivity contribution in [2.24, 2.45) is 0 Å². The predicted molar refractivity (Wildman–Crippen MR) is 176 cm³/mol. The minimum Gasteiger partial charge on any atom is -0.489 e. The van der Waals surface area contributed by atoms with E-state index < -0.39 is 5.54 Å². The number of rotatable bonds is 10. The zero-order chi connectivity index (χ0) is 29.5. The van der Waals surface area contributed by atoms with E-state index in [0.717, 1.165) is 16.9 Å². The van der Waals surface area contributed by atoms with Gasteiger partial charge in [0.1, 0.15) is 17.3 Å². The Hall–Kier alpha value is -4.48. The topological polar surface area (TPSA) is 41.6 Å². The summed E-state index contributed by atoms with van der Waals surface area (Å²) in [7, 11) is 2.02. The second-order valence-electron chi connectivity index (χ2n) is 10.9. The molecule has 1 N–H and O–H groups in total. The predicted octanol–water partition coefficient (Wildman–Crippen LogP) is 8.17. The molecule has 0 radical (unpaired) electrons. The number of likely N-dealkylation sites (N-methyl/N-ethyl adjacent to an activating group) is 1. The van der Waals surface area contributed by atoms with Gasteiger partial charge in [0.2, 0.25) is 0 Å². The van der Waals surface area contributed by atoms with Crippen LogP contribution in [0.15, 0.2) is 127 Å². The maximum Gasteiger partial charge on any atom is 0.252 e. The van der Waals surface area contributed by atoms with E-state index in [-0.39, 0.29) is 11.9 Å². The molecule has 0 spiro atoms. The number of hydrogen-bond donors (Lipinski definition) is 1. The molecule has 0 aliphatic heterocycles. The minimum atomic E-state index is -0.831. The Morgan fingerprint density at radius 1 is 0.810 bits per heavy atom. The number of carbonyl (C=O) groups is 1. The lowest BCUT2D eigenvalue weighted by Crippen LogP contribution is -2.58. The highest BCUT2D eigenvalue weighted by Gasteiger charge is 2.36. The van der Waals surface area contributed by atoms with E-state index in [1.807, 2.05) is 98.9 Å². The Kier molecular flexibility index (Phi) is 8.99. The highest BCUT2D eigenvalue weighted by molar-refractivity contribution is 7.80. The van der Waals surface area contributed by atoms with Crippen molar-refractivity contribution in [3.63, 3.8) is 0 Å². The molecule has 4 nitrogen and oxygen atoms in total. The van der Waals surface area contributed by atoms with Crippen molar-refractivity contribution >= 4 is 33.9 Å². The van der Waals surface area contributed by atoms with Crippen LogP contribution in [-0.2, 0) is 13.0 Å². The molecule has 0 aliphatic carbocycles. The fourth-order valence-electron chi connectivity index (χ4n) is 5.33. The largest absolute Gasteiger partial charge is 0.489 e. The maximum absolute atomic E-state index is 13.5. The van der Waals surface area contributed by atoms with Crippen LogP contribution in [0.4, 0.5) is 0 Å². The number of hydrogen-bond acceptors (Lipinski definition) is 3. The number of nitrogens with zero attached hydrogens (tertiary/aromatic N) is 1. The van der Waals surface area contributed by atoms with Crippen LogP contribution in [0.25, 0.3) is 10.8 Å². The van der Waals surface area contributed by atoms with Crippen molar-refractivity contribution in [1.82, 2.24) is 10.2 Å². The van der Waals surface area contributed by atoms with Crippen LogP contribution in [0.5, 0.6) is 5.75 Å². The lowest BCUT2D eigenvalue weighted by Gasteiger charge is -2.39. The molecule has 2 unspecified atom stereocenters. The third-order valence-corrected chi connectivity index (χ3v) is 8.54. The number of thiocarbonyl (C=S) groups is 1. The van der Waals surface area contributed by atoms with E-state index >= 15 is 0 Å². The van der Waals surface area contributed by atoms with Gasteiger partial charge in [-0.15, -0.1) is 0 Å². The Balaban J connectivity index is 1.39. The minimum absolute atomic E-state index is 0.00897. The van der Waals surface area contributed by atoms with Crippen LogP contribution < -0.4 is 10.1 Å². The van der Waals surface area contributed by atoms with Gasteiger partial charge in [-0.3, -0.25) is 4.79 Å². The van der Waals surface area contributed by atoms with Crippen molar-refractivity contribution < 1.29 is 9.53 Å². The molecular weight excluding hydrogens is 536 g/mol. The molecule has 5 aromatic carbocycles. The first-order valence-electron chi connectivity index (χ1n) is 14.2. The van der Waals surface area contributed by atoms with E-state index in [0.29, 0.717) is 23.6 Å². The van der Waals surface area contributed by atoms with Gasteiger partial charge in [0, 0.05) is 19.0 Å². The highest BCUT2D eigenvalue weighted by Crippen LogP contribution is 2.30. The van der Waals surface area contributed by atoms with Gasteiger partial charge in [-0.05, 0) is 65.6 Å². The first-order valence-corrected chi connectivity index (χ1v) is 14.6. The summed E-state index contributed by atoms with van der Waals surface area (Å²) in [6.07, 6.45) is 0.524. The number of carbonyl (C=O) groups excluding carboxylic acids is 1. The molecular formula is C37H36N2O2S. The maximum atomic E-state index is 13.5. The fourth-order valence-corrected chi connectivity index (χ4v) is 5.61. The van der Waals surface area contributed by atoms with Crippen molar-refractivity contribution in [1.29, 1.82) is 0 Å². The second kappa shape index (κ2) is 13.0. The number of nitrogens with one attached hydrogen (secondary N) is 1. The summed E-state index contributed by atoms with van der Waals surface area (Å²) in [5.41, 5.74) is 3.12. The van der Waals surface area contributed by atoms with Crippen molar-refractivity contribution in [2.45, 2.75) is 38.5 Å². The summed E-state index contributed by atoms with van der Waals surface area (Å²) in [6, 6.07) is 42.2. The van der Waals surface area contributed by atoms with Gasteiger partial charge in [-0.1, -0.05) is 115 Å². The van der Waals surface area contributed by atoms with Crippen molar-refractivity contribution in [3.8, 4) is 5.75 Å². The molecule has 42 heavy (non-hydrogen) atoms. The molecule has 0 aromatic heterocycles. The van der Waals surface area contributed by atoms with E-state index in [1.54, 1.807) is 0 Å². The fraction of sp³-hybridized carbons (Fsp3) is 0.189. The molecule has 0 fully saturated rings.